The number of thiophene rings is 1. The van der Waals surface area contributed by atoms with Crippen molar-refractivity contribution in [3.05, 3.63) is 57.0 Å². The van der Waals surface area contributed by atoms with Crippen LogP contribution in [0, 0.1) is 5.82 Å². The molecule has 8 heteroatoms. The molecule has 0 aliphatic carbocycles. The van der Waals surface area contributed by atoms with Crippen molar-refractivity contribution in [2.75, 3.05) is 39.8 Å². The summed E-state index contributed by atoms with van der Waals surface area (Å²) in [4.78, 5) is 30.3. The molecule has 1 unspecified atom stereocenters. The minimum absolute atomic E-state index is 0.00776. The summed E-state index contributed by atoms with van der Waals surface area (Å²) in [5, 5.41) is 4.78. The first-order chi connectivity index (χ1) is 13.4. The molecule has 0 saturated carbocycles. The normalized spacial score (nSPS) is 16.7. The molecule has 5 nitrogen and oxygen atoms in total. The highest BCUT2D eigenvalue weighted by Gasteiger charge is 2.26. The van der Waals surface area contributed by atoms with Gasteiger partial charge < -0.3 is 10.2 Å². The van der Waals surface area contributed by atoms with Crippen molar-refractivity contribution in [3.8, 4) is 0 Å². The van der Waals surface area contributed by atoms with Gasteiger partial charge in [-0.3, -0.25) is 14.5 Å². The summed E-state index contributed by atoms with van der Waals surface area (Å²) < 4.78 is 13.5. The Balaban J connectivity index is 1.59. The van der Waals surface area contributed by atoms with Crippen molar-refractivity contribution < 1.29 is 14.0 Å². The van der Waals surface area contributed by atoms with Crippen LogP contribution < -0.4 is 5.32 Å². The number of carbonyl (C=O) groups excluding carboxylic acids is 2. The van der Waals surface area contributed by atoms with E-state index in [1.807, 2.05) is 11.4 Å². The highest BCUT2D eigenvalue weighted by Crippen LogP contribution is 2.25. The minimum Gasteiger partial charge on any atom is -0.348 e. The summed E-state index contributed by atoms with van der Waals surface area (Å²) in [5.74, 6) is -1.84. The Bertz CT molecular complexity index is 823. The number of benzene rings is 1. The molecule has 3 rings (SSSR count). The Hall–Kier alpha value is -1.80. The van der Waals surface area contributed by atoms with Crippen molar-refractivity contribution in [3.63, 3.8) is 0 Å². The van der Waals surface area contributed by atoms with Gasteiger partial charge in [-0.2, -0.15) is 0 Å². The first-order valence-electron chi connectivity index (χ1n) is 9.15. The molecule has 0 bridgehead atoms. The zero-order valence-electron chi connectivity index (χ0n) is 15.7. The molecule has 1 aromatic carbocycles. The van der Waals surface area contributed by atoms with Gasteiger partial charge in [-0.15, -0.1) is 11.3 Å². The smallest absolute Gasteiger partial charge is 0.287 e. The molecule has 28 heavy (non-hydrogen) atoms. The molecule has 1 aliphatic heterocycles. The quantitative estimate of drug-likeness (QED) is 0.696. The van der Waals surface area contributed by atoms with Gasteiger partial charge in [0.1, 0.15) is 5.82 Å². The van der Waals surface area contributed by atoms with Crippen molar-refractivity contribution >= 4 is 34.6 Å². The highest BCUT2D eigenvalue weighted by atomic mass is 35.5. The molecule has 2 heterocycles. The van der Waals surface area contributed by atoms with E-state index in [1.165, 1.54) is 12.1 Å². The SMILES string of the molecule is CN1CCN(C(CNC(=O)C(=O)Cc2ccc(Cl)c(F)c2)c2cccs2)CC1. The van der Waals surface area contributed by atoms with Gasteiger partial charge in [0, 0.05) is 44.0 Å². The Morgan fingerprint density at radius 1 is 1.25 bits per heavy atom. The topological polar surface area (TPSA) is 52.6 Å². The number of rotatable bonds is 7. The van der Waals surface area contributed by atoms with Crippen molar-refractivity contribution in [2.45, 2.75) is 12.5 Å². The van der Waals surface area contributed by atoms with Crippen LogP contribution in [-0.4, -0.2) is 61.3 Å². The maximum Gasteiger partial charge on any atom is 0.287 e. The van der Waals surface area contributed by atoms with E-state index in [2.05, 4.69) is 28.2 Å². The second kappa shape index (κ2) is 9.60. The van der Waals surface area contributed by atoms with Gasteiger partial charge in [-0.05, 0) is 36.2 Å². The minimum atomic E-state index is -0.647. The lowest BCUT2D eigenvalue weighted by atomic mass is 10.1. The first kappa shape index (κ1) is 20.9. The standard InChI is InChI=1S/C20H23ClFN3O2S/c1-24-6-8-25(9-7-24)17(19-3-2-10-28-19)13-23-20(27)18(26)12-14-4-5-15(21)16(22)11-14/h2-5,10-11,17H,6-9,12-13H2,1H3,(H,23,27). The van der Waals surface area contributed by atoms with Crippen molar-refractivity contribution in [2.24, 2.45) is 0 Å². The van der Waals surface area contributed by atoms with Gasteiger partial charge in [-0.25, -0.2) is 4.39 Å². The van der Waals surface area contributed by atoms with Crippen molar-refractivity contribution in [1.29, 1.82) is 0 Å². The fourth-order valence-electron chi connectivity index (χ4n) is 3.23. The number of hydrogen-bond acceptors (Lipinski definition) is 5. The van der Waals surface area contributed by atoms with Gasteiger partial charge in [0.2, 0.25) is 5.78 Å². The fraction of sp³-hybridized carbons (Fsp3) is 0.400. The fourth-order valence-corrected chi connectivity index (χ4v) is 4.21. The predicted molar refractivity (Wildman–Crippen MR) is 109 cm³/mol. The van der Waals surface area contributed by atoms with Gasteiger partial charge in [-0.1, -0.05) is 23.7 Å². The summed E-state index contributed by atoms with van der Waals surface area (Å²) in [5.41, 5.74) is 0.427. The zero-order valence-corrected chi connectivity index (χ0v) is 17.2. The van der Waals surface area contributed by atoms with Crippen LogP contribution in [0.4, 0.5) is 4.39 Å². The van der Waals surface area contributed by atoms with E-state index in [4.69, 9.17) is 11.6 Å². The summed E-state index contributed by atoms with van der Waals surface area (Å²) in [6, 6.07) is 8.21. The molecule has 2 aromatic rings. The molecular formula is C20H23ClFN3O2S. The predicted octanol–water partition coefficient (Wildman–Crippen LogP) is 2.76. The van der Waals surface area contributed by atoms with E-state index in [9.17, 15) is 14.0 Å². The van der Waals surface area contributed by atoms with Crippen LogP contribution in [0.2, 0.25) is 5.02 Å². The molecule has 1 aromatic heterocycles. The molecular weight excluding hydrogens is 401 g/mol. The van der Waals surface area contributed by atoms with E-state index in [1.54, 1.807) is 17.4 Å². The molecule has 1 fully saturated rings. The molecule has 150 valence electrons. The number of nitrogens with one attached hydrogen (secondary N) is 1. The summed E-state index contributed by atoms with van der Waals surface area (Å²) >= 11 is 7.30. The maximum atomic E-state index is 13.5. The molecule has 1 aliphatic rings. The molecule has 1 saturated heterocycles. The van der Waals surface area contributed by atoms with E-state index >= 15 is 0 Å². The van der Waals surface area contributed by atoms with Crippen LogP contribution in [0.1, 0.15) is 16.5 Å². The number of amides is 1. The Labute approximate surface area is 173 Å². The number of nitrogens with zero attached hydrogens (tertiary/aromatic N) is 2. The average molecular weight is 424 g/mol. The van der Waals surface area contributed by atoms with Crippen LogP contribution >= 0.6 is 22.9 Å². The second-order valence-corrected chi connectivity index (χ2v) is 8.32. The highest BCUT2D eigenvalue weighted by molar-refractivity contribution is 7.10. The lowest BCUT2D eigenvalue weighted by Crippen LogP contribution is -2.48. The largest absolute Gasteiger partial charge is 0.348 e. The number of piperazine rings is 1. The molecule has 1 atom stereocenters. The number of ketones is 1. The average Bonchev–Trinajstić information content (AvgIpc) is 3.20. The molecule has 1 amide bonds. The Morgan fingerprint density at radius 3 is 2.64 bits per heavy atom. The van der Waals surface area contributed by atoms with E-state index in [-0.39, 0.29) is 17.5 Å². The van der Waals surface area contributed by atoms with Crippen LogP contribution in [0.25, 0.3) is 0 Å². The van der Waals surface area contributed by atoms with Gasteiger partial charge in [0.15, 0.2) is 0 Å². The Kier molecular flexibility index (Phi) is 7.18. The van der Waals surface area contributed by atoms with E-state index < -0.39 is 17.5 Å². The van der Waals surface area contributed by atoms with Crippen molar-refractivity contribution in [1.82, 2.24) is 15.1 Å². The number of hydrogen-bond donors (Lipinski definition) is 1. The van der Waals surface area contributed by atoms with Gasteiger partial charge >= 0.3 is 0 Å². The lowest BCUT2D eigenvalue weighted by molar-refractivity contribution is -0.137. The van der Waals surface area contributed by atoms with Gasteiger partial charge in [0.05, 0.1) is 11.1 Å². The number of carbonyl (C=O) groups is 2. The first-order valence-corrected chi connectivity index (χ1v) is 10.4. The molecule has 0 spiro atoms. The van der Waals surface area contributed by atoms with E-state index in [0.717, 1.165) is 31.1 Å². The Morgan fingerprint density at radius 2 is 2.00 bits per heavy atom. The molecule has 1 N–H and O–H groups in total. The number of Topliss-reactive ketones (excluding diaryl/α,β-unsaturated/α-hetero) is 1. The van der Waals surface area contributed by atoms with Crippen LogP contribution in [-0.2, 0) is 16.0 Å². The molecule has 0 radical (unpaired) electrons. The van der Waals surface area contributed by atoms with Crippen LogP contribution in [0.3, 0.4) is 0 Å². The van der Waals surface area contributed by atoms with Crippen LogP contribution in [0.5, 0.6) is 0 Å². The third kappa shape index (κ3) is 5.38. The summed E-state index contributed by atoms with van der Waals surface area (Å²) in [7, 11) is 2.09. The lowest BCUT2D eigenvalue weighted by Gasteiger charge is -2.37. The number of likely N-dealkylation sites (N-methyl/N-ethyl adjacent to an activating group) is 1. The zero-order chi connectivity index (χ0) is 20.1. The third-order valence-electron chi connectivity index (χ3n) is 4.91. The number of halogens is 2. The third-order valence-corrected chi connectivity index (χ3v) is 6.19. The summed E-state index contributed by atoms with van der Waals surface area (Å²) in [6.45, 7) is 4.12. The van der Waals surface area contributed by atoms with Gasteiger partial charge in [0.25, 0.3) is 5.91 Å². The monoisotopic (exact) mass is 423 g/mol. The second-order valence-electron chi connectivity index (χ2n) is 6.93. The van der Waals surface area contributed by atoms with E-state index in [0.29, 0.717) is 12.1 Å². The summed E-state index contributed by atoms with van der Waals surface area (Å²) in [6.07, 6.45) is -0.155. The van der Waals surface area contributed by atoms with Crippen LogP contribution in [0.15, 0.2) is 35.7 Å². The maximum absolute atomic E-state index is 13.5.